The fourth-order valence-electron chi connectivity index (χ4n) is 1.43. The number of pyridine rings is 1. The lowest BCUT2D eigenvalue weighted by molar-refractivity contribution is 0.317. The minimum atomic E-state index is 0.418. The molecule has 0 fully saturated rings. The standard InChI is InChI=1S/C13H22N2OS/c1-4-9-16-12-6-5-8-14-13(12)15-11(2)7-10-17-3/h5-6,8,11H,4,7,9-10H2,1-3H3,(H,14,15). The van der Waals surface area contributed by atoms with Gasteiger partial charge < -0.3 is 10.1 Å². The Hall–Kier alpha value is -0.900. The summed E-state index contributed by atoms with van der Waals surface area (Å²) in [5.74, 6) is 2.87. The molecule has 1 aromatic rings. The first-order valence-corrected chi connectivity index (χ1v) is 7.50. The third-order valence-electron chi connectivity index (χ3n) is 2.37. The van der Waals surface area contributed by atoms with E-state index in [1.54, 1.807) is 6.20 Å². The first kappa shape index (κ1) is 14.2. The van der Waals surface area contributed by atoms with Crippen LogP contribution in [0.2, 0.25) is 0 Å². The first-order valence-electron chi connectivity index (χ1n) is 6.11. The Bertz CT molecular complexity index is 320. The van der Waals surface area contributed by atoms with Crippen LogP contribution in [0.1, 0.15) is 26.7 Å². The molecule has 0 radical (unpaired) electrons. The predicted octanol–water partition coefficient (Wildman–Crippen LogP) is 3.42. The fraction of sp³-hybridized carbons (Fsp3) is 0.615. The third kappa shape index (κ3) is 5.31. The zero-order valence-electron chi connectivity index (χ0n) is 10.9. The molecule has 1 unspecified atom stereocenters. The van der Waals surface area contributed by atoms with E-state index >= 15 is 0 Å². The van der Waals surface area contributed by atoms with Crippen molar-refractivity contribution < 1.29 is 4.74 Å². The van der Waals surface area contributed by atoms with Crippen LogP contribution in [0.25, 0.3) is 0 Å². The summed E-state index contributed by atoms with van der Waals surface area (Å²) in [7, 11) is 0. The number of nitrogens with one attached hydrogen (secondary N) is 1. The molecule has 17 heavy (non-hydrogen) atoms. The van der Waals surface area contributed by atoms with Crippen LogP contribution in [0.3, 0.4) is 0 Å². The molecule has 1 aromatic heterocycles. The minimum Gasteiger partial charge on any atom is -0.490 e. The second kappa shape index (κ2) is 8.23. The monoisotopic (exact) mass is 254 g/mol. The molecule has 0 aliphatic heterocycles. The van der Waals surface area contributed by atoms with Gasteiger partial charge in [0.15, 0.2) is 11.6 Å². The van der Waals surface area contributed by atoms with Crippen LogP contribution in [0.15, 0.2) is 18.3 Å². The zero-order valence-corrected chi connectivity index (χ0v) is 11.7. The molecule has 96 valence electrons. The van der Waals surface area contributed by atoms with E-state index in [0.717, 1.165) is 36.8 Å². The molecular weight excluding hydrogens is 232 g/mol. The number of rotatable bonds is 8. The van der Waals surface area contributed by atoms with Crippen molar-refractivity contribution in [3.8, 4) is 5.75 Å². The maximum absolute atomic E-state index is 5.66. The summed E-state index contributed by atoms with van der Waals surface area (Å²) in [5, 5.41) is 3.40. The highest BCUT2D eigenvalue weighted by molar-refractivity contribution is 7.98. The molecular formula is C13H22N2OS. The lowest BCUT2D eigenvalue weighted by Gasteiger charge is -2.16. The van der Waals surface area contributed by atoms with Gasteiger partial charge in [0, 0.05) is 12.2 Å². The van der Waals surface area contributed by atoms with Crippen molar-refractivity contribution >= 4 is 17.6 Å². The molecule has 0 aromatic carbocycles. The number of nitrogens with zero attached hydrogens (tertiary/aromatic N) is 1. The highest BCUT2D eigenvalue weighted by atomic mass is 32.2. The Morgan fingerprint density at radius 3 is 3.06 bits per heavy atom. The largest absolute Gasteiger partial charge is 0.490 e. The molecule has 4 heteroatoms. The minimum absolute atomic E-state index is 0.418. The van der Waals surface area contributed by atoms with E-state index in [2.05, 4.69) is 30.4 Å². The Morgan fingerprint density at radius 2 is 2.35 bits per heavy atom. The Balaban J connectivity index is 2.56. The van der Waals surface area contributed by atoms with E-state index in [0.29, 0.717) is 6.04 Å². The molecule has 1 rings (SSSR count). The summed E-state index contributed by atoms with van der Waals surface area (Å²) in [6.45, 7) is 5.01. The smallest absolute Gasteiger partial charge is 0.168 e. The van der Waals surface area contributed by atoms with E-state index in [1.165, 1.54) is 0 Å². The van der Waals surface area contributed by atoms with E-state index in [4.69, 9.17) is 4.74 Å². The van der Waals surface area contributed by atoms with Gasteiger partial charge in [-0.3, -0.25) is 0 Å². The quantitative estimate of drug-likeness (QED) is 0.771. The van der Waals surface area contributed by atoms with E-state index in [9.17, 15) is 0 Å². The van der Waals surface area contributed by atoms with Gasteiger partial charge in [0.2, 0.25) is 0 Å². The highest BCUT2D eigenvalue weighted by Crippen LogP contribution is 2.22. The summed E-state index contributed by atoms with van der Waals surface area (Å²) in [4.78, 5) is 4.34. The van der Waals surface area contributed by atoms with Crippen LogP contribution in [-0.4, -0.2) is 29.6 Å². The van der Waals surface area contributed by atoms with Crippen molar-refractivity contribution in [2.75, 3.05) is 23.9 Å². The van der Waals surface area contributed by atoms with Crippen molar-refractivity contribution in [1.29, 1.82) is 0 Å². The normalized spacial score (nSPS) is 12.2. The summed E-state index contributed by atoms with van der Waals surface area (Å²) in [6.07, 6.45) is 6.06. The Kier molecular flexibility index (Phi) is 6.86. The van der Waals surface area contributed by atoms with Crippen molar-refractivity contribution in [2.45, 2.75) is 32.7 Å². The SMILES string of the molecule is CCCOc1cccnc1NC(C)CCSC. The number of aromatic nitrogens is 1. The summed E-state index contributed by atoms with van der Waals surface area (Å²) >= 11 is 1.87. The van der Waals surface area contributed by atoms with Gasteiger partial charge in [-0.1, -0.05) is 6.92 Å². The van der Waals surface area contributed by atoms with Gasteiger partial charge in [-0.15, -0.1) is 0 Å². The van der Waals surface area contributed by atoms with Gasteiger partial charge in [0.25, 0.3) is 0 Å². The van der Waals surface area contributed by atoms with Gasteiger partial charge in [-0.25, -0.2) is 4.98 Å². The number of hydrogen-bond donors (Lipinski definition) is 1. The molecule has 3 nitrogen and oxygen atoms in total. The Labute approximate surface area is 108 Å². The summed E-state index contributed by atoms with van der Waals surface area (Å²) in [5.41, 5.74) is 0. The molecule has 1 heterocycles. The van der Waals surface area contributed by atoms with Gasteiger partial charge >= 0.3 is 0 Å². The lowest BCUT2D eigenvalue weighted by Crippen LogP contribution is -2.17. The molecule has 0 aliphatic carbocycles. The van der Waals surface area contributed by atoms with E-state index in [-0.39, 0.29) is 0 Å². The van der Waals surface area contributed by atoms with Crippen LogP contribution >= 0.6 is 11.8 Å². The molecule has 0 saturated heterocycles. The number of thioether (sulfide) groups is 1. The van der Waals surface area contributed by atoms with Crippen LogP contribution < -0.4 is 10.1 Å². The van der Waals surface area contributed by atoms with Crippen LogP contribution in [0.5, 0.6) is 5.75 Å². The van der Waals surface area contributed by atoms with Crippen LogP contribution in [0, 0.1) is 0 Å². The van der Waals surface area contributed by atoms with Gasteiger partial charge in [-0.2, -0.15) is 11.8 Å². The molecule has 0 aliphatic rings. The highest BCUT2D eigenvalue weighted by Gasteiger charge is 2.07. The topological polar surface area (TPSA) is 34.1 Å². The molecule has 0 bridgehead atoms. The van der Waals surface area contributed by atoms with Crippen LogP contribution in [-0.2, 0) is 0 Å². The molecule has 0 spiro atoms. The molecule has 0 saturated carbocycles. The molecule has 1 atom stereocenters. The lowest BCUT2D eigenvalue weighted by atomic mass is 10.2. The van der Waals surface area contributed by atoms with Gasteiger partial charge in [0.1, 0.15) is 0 Å². The average molecular weight is 254 g/mol. The molecule has 1 N–H and O–H groups in total. The van der Waals surface area contributed by atoms with Crippen molar-refractivity contribution in [3.63, 3.8) is 0 Å². The second-order valence-corrected chi connectivity index (χ2v) is 5.01. The van der Waals surface area contributed by atoms with Crippen molar-refractivity contribution in [1.82, 2.24) is 4.98 Å². The summed E-state index contributed by atoms with van der Waals surface area (Å²) in [6, 6.07) is 4.29. The number of hydrogen-bond acceptors (Lipinski definition) is 4. The molecule has 0 amide bonds. The zero-order chi connectivity index (χ0) is 12.5. The van der Waals surface area contributed by atoms with E-state index < -0.39 is 0 Å². The van der Waals surface area contributed by atoms with Crippen molar-refractivity contribution in [3.05, 3.63) is 18.3 Å². The maximum atomic E-state index is 5.66. The maximum Gasteiger partial charge on any atom is 0.168 e. The first-order chi connectivity index (χ1) is 8.27. The predicted molar refractivity (Wildman–Crippen MR) is 76.1 cm³/mol. The fourth-order valence-corrected chi connectivity index (χ4v) is 2.02. The third-order valence-corrected chi connectivity index (χ3v) is 3.01. The second-order valence-electron chi connectivity index (χ2n) is 4.03. The van der Waals surface area contributed by atoms with E-state index in [1.807, 2.05) is 23.9 Å². The number of ether oxygens (including phenoxy) is 1. The number of anilines is 1. The van der Waals surface area contributed by atoms with Gasteiger partial charge in [0.05, 0.1) is 6.61 Å². The van der Waals surface area contributed by atoms with Gasteiger partial charge in [-0.05, 0) is 43.9 Å². The summed E-state index contributed by atoms with van der Waals surface area (Å²) < 4.78 is 5.66. The average Bonchev–Trinajstić information content (AvgIpc) is 2.35. The van der Waals surface area contributed by atoms with Crippen LogP contribution in [0.4, 0.5) is 5.82 Å². The van der Waals surface area contributed by atoms with Crippen molar-refractivity contribution in [2.24, 2.45) is 0 Å². The Morgan fingerprint density at radius 1 is 1.53 bits per heavy atom.